The molecule has 2 aromatic carbocycles. The van der Waals surface area contributed by atoms with E-state index < -0.39 is 5.97 Å². The van der Waals surface area contributed by atoms with Crippen molar-refractivity contribution in [1.82, 2.24) is 0 Å². The molecular formula is C22H14ClNO4S2. The van der Waals surface area contributed by atoms with Gasteiger partial charge in [-0.2, -0.15) is 0 Å². The molecule has 8 heteroatoms. The Morgan fingerprint density at radius 1 is 1.17 bits per heavy atom. The Bertz CT molecular complexity index is 1190. The van der Waals surface area contributed by atoms with Crippen molar-refractivity contribution in [3.63, 3.8) is 0 Å². The summed E-state index contributed by atoms with van der Waals surface area (Å²) in [5.41, 5.74) is 1.63. The summed E-state index contributed by atoms with van der Waals surface area (Å²) < 4.78 is 11.1. The van der Waals surface area contributed by atoms with E-state index in [1.807, 2.05) is 30.3 Å². The van der Waals surface area contributed by atoms with E-state index in [0.29, 0.717) is 36.9 Å². The average Bonchev–Trinajstić information content (AvgIpc) is 3.32. The molecule has 150 valence electrons. The van der Waals surface area contributed by atoms with E-state index in [2.05, 4.69) is 0 Å². The lowest BCUT2D eigenvalue weighted by Crippen LogP contribution is -2.27. The summed E-state index contributed by atoms with van der Waals surface area (Å²) in [7, 11) is 1.31. The lowest BCUT2D eigenvalue weighted by molar-refractivity contribution is -0.113. The van der Waals surface area contributed by atoms with Gasteiger partial charge in [-0.1, -0.05) is 53.8 Å². The monoisotopic (exact) mass is 455 g/mol. The summed E-state index contributed by atoms with van der Waals surface area (Å²) in [5, 5.41) is 0.430. The number of rotatable bonds is 4. The number of amides is 1. The first-order valence-corrected chi connectivity index (χ1v) is 10.4. The molecule has 0 aliphatic carbocycles. The maximum Gasteiger partial charge on any atom is 0.337 e. The van der Waals surface area contributed by atoms with E-state index in [1.54, 1.807) is 36.4 Å². The molecular weight excluding hydrogens is 442 g/mol. The van der Waals surface area contributed by atoms with Crippen LogP contribution in [0.25, 0.3) is 17.4 Å². The highest BCUT2D eigenvalue weighted by atomic mass is 35.5. The van der Waals surface area contributed by atoms with Gasteiger partial charge in [0.05, 0.1) is 28.3 Å². The number of benzene rings is 2. The van der Waals surface area contributed by atoms with Crippen molar-refractivity contribution >= 4 is 63.5 Å². The minimum atomic E-state index is -0.468. The third kappa shape index (κ3) is 3.92. The number of furan rings is 1. The van der Waals surface area contributed by atoms with E-state index in [0.717, 1.165) is 5.69 Å². The van der Waals surface area contributed by atoms with Gasteiger partial charge in [-0.05, 0) is 42.5 Å². The van der Waals surface area contributed by atoms with Gasteiger partial charge in [-0.15, -0.1) is 0 Å². The van der Waals surface area contributed by atoms with Gasteiger partial charge >= 0.3 is 5.97 Å². The zero-order valence-electron chi connectivity index (χ0n) is 15.6. The predicted octanol–water partition coefficient (Wildman–Crippen LogP) is 5.79. The van der Waals surface area contributed by atoms with E-state index >= 15 is 0 Å². The fourth-order valence-corrected chi connectivity index (χ4v) is 4.42. The third-order valence-electron chi connectivity index (χ3n) is 4.36. The van der Waals surface area contributed by atoms with Crippen molar-refractivity contribution in [2.24, 2.45) is 0 Å². The second-order valence-corrected chi connectivity index (χ2v) is 8.32. The van der Waals surface area contributed by atoms with Gasteiger partial charge in [0.25, 0.3) is 5.91 Å². The summed E-state index contributed by atoms with van der Waals surface area (Å²) in [4.78, 5) is 26.6. The predicted molar refractivity (Wildman–Crippen MR) is 123 cm³/mol. The largest absolute Gasteiger partial charge is 0.465 e. The smallest absolute Gasteiger partial charge is 0.337 e. The van der Waals surface area contributed by atoms with Crippen LogP contribution in [-0.2, 0) is 9.53 Å². The highest BCUT2D eigenvalue weighted by molar-refractivity contribution is 8.27. The van der Waals surface area contributed by atoms with Crippen LogP contribution in [0, 0.1) is 0 Å². The molecule has 2 heterocycles. The van der Waals surface area contributed by atoms with Crippen LogP contribution < -0.4 is 4.90 Å². The van der Waals surface area contributed by atoms with E-state index in [9.17, 15) is 9.59 Å². The van der Waals surface area contributed by atoms with Crippen LogP contribution in [0.2, 0.25) is 5.02 Å². The quantitative estimate of drug-likeness (QED) is 0.282. The number of anilines is 1. The first kappa shape index (κ1) is 20.4. The SMILES string of the molecule is COC(=O)c1ccc(Cl)c(-c2ccc(/C=C3/SC(=S)N(c4ccccc4)C3=O)o2)c1. The average molecular weight is 456 g/mol. The Labute approximate surface area is 187 Å². The number of esters is 1. The Morgan fingerprint density at radius 3 is 2.67 bits per heavy atom. The summed E-state index contributed by atoms with van der Waals surface area (Å²) in [5.74, 6) is 0.262. The standard InChI is InChI=1S/C22H14ClNO4S2/c1-27-21(26)13-7-9-17(23)16(11-13)18-10-8-15(28-18)12-19-20(25)24(22(29)30-19)14-5-3-2-4-6-14/h2-12H,1H3/b19-12+. The molecule has 0 saturated carbocycles. The van der Waals surface area contributed by atoms with Gasteiger partial charge in [0.1, 0.15) is 11.5 Å². The minimum Gasteiger partial charge on any atom is -0.465 e. The zero-order valence-corrected chi connectivity index (χ0v) is 18.0. The van der Waals surface area contributed by atoms with Crippen LogP contribution in [0.4, 0.5) is 5.69 Å². The van der Waals surface area contributed by atoms with Gasteiger partial charge in [-0.3, -0.25) is 9.69 Å². The molecule has 0 spiro atoms. The number of thioether (sulfide) groups is 1. The summed E-state index contributed by atoms with van der Waals surface area (Å²) in [6.07, 6.45) is 1.64. The van der Waals surface area contributed by atoms with Crippen molar-refractivity contribution in [3.8, 4) is 11.3 Å². The number of para-hydroxylation sites is 1. The fraction of sp³-hybridized carbons (Fsp3) is 0.0455. The first-order chi connectivity index (χ1) is 14.5. The molecule has 4 rings (SSSR count). The highest BCUT2D eigenvalue weighted by Crippen LogP contribution is 2.37. The Kier molecular flexibility index (Phi) is 5.76. The molecule has 0 bridgehead atoms. The summed E-state index contributed by atoms with van der Waals surface area (Å²) >= 11 is 12.9. The van der Waals surface area contributed by atoms with Crippen LogP contribution in [0.15, 0.2) is 70.0 Å². The molecule has 0 N–H and O–H groups in total. The summed E-state index contributed by atoms with van der Waals surface area (Å²) in [6, 6.07) is 17.5. The second kappa shape index (κ2) is 8.47. The van der Waals surface area contributed by atoms with Crippen LogP contribution in [0.1, 0.15) is 16.1 Å². The molecule has 30 heavy (non-hydrogen) atoms. The molecule has 1 saturated heterocycles. The van der Waals surface area contributed by atoms with E-state index in [-0.39, 0.29) is 5.91 Å². The fourth-order valence-electron chi connectivity index (χ4n) is 2.93. The molecule has 5 nitrogen and oxygen atoms in total. The number of ether oxygens (including phenoxy) is 1. The van der Waals surface area contributed by atoms with Crippen LogP contribution >= 0.6 is 35.6 Å². The Balaban J connectivity index is 1.63. The van der Waals surface area contributed by atoms with Crippen LogP contribution in [0.5, 0.6) is 0 Å². The number of halogens is 1. The highest BCUT2D eigenvalue weighted by Gasteiger charge is 2.33. The van der Waals surface area contributed by atoms with Gasteiger partial charge in [-0.25, -0.2) is 4.79 Å². The van der Waals surface area contributed by atoms with Gasteiger partial charge in [0.15, 0.2) is 4.32 Å². The van der Waals surface area contributed by atoms with Gasteiger partial charge < -0.3 is 9.15 Å². The lowest BCUT2D eigenvalue weighted by atomic mass is 10.1. The molecule has 1 aliphatic heterocycles. The molecule has 1 amide bonds. The Hall–Kier alpha value is -2.87. The van der Waals surface area contributed by atoms with E-state index in [1.165, 1.54) is 23.8 Å². The Morgan fingerprint density at radius 2 is 1.93 bits per heavy atom. The third-order valence-corrected chi connectivity index (χ3v) is 5.99. The molecule has 3 aromatic rings. The maximum absolute atomic E-state index is 12.8. The van der Waals surface area contributed by atoms with Crippen molar-refractivity contribution in [2.45, 2.75) is 0 Å². The number of hydrogen-bond acceptors (Lipinski definition) is 6. The number of methoxy groups -OCH3 is 1. The van der Waals surface area contributed by atoms with Crippen LogP contribution in [0.3, 0.4) is 0 Å². The molecule has 1 aromatic heterocycles. The van der Waals surface area contributed by atoms with Crippen LogP contribution in [-0.4, -0.2) is 23.3 Å². The van der Waals surface area contributed by atoms with Crippen molar-refractivity contribution in [3.05, 3.63) is 81.9 Å². The number of nitrogens with zero attached hydrogens (tertiary/aromatic N) is 1. The first-order valence-electron chi connectivity index (χ1n) is 8.79. The maximum atomic E-state index is 12.8. The molecule has 0 unspecified atom stereocenters. The van der Waals surface area contributed by atoms with E-state index in [4.69, 9.17) is 33.0 Å². The van der Waals surface area contributed by atoms with Crippen molar-refractivity contribution < 1.29 is 18.7 Å². The lowest BCUT2D eigenvalue weighted by Gasteiger charge is -2.13. The molecule has 0 radical (unpaired) electrons. The number of thiocarbonyl (C=S) groups is 1. The zero-order chi connectivity index (χ0) is 21.3. The van der Waals surface area contributed by atoms with Gasteiger partial charge in [0, 0.05) is 11.6 Å². The van der Waals surface area contributed by atoms with Gasteiger partial charge in [0.2, 0.25) is 0 Å². The topological polar surface area (TPSA) is 59.8 Å². The molecule has 0 atom stereocenters. The second-order valence-electron chi connectivity index (χ2n) is 6.24. The van der Waals surface area contributed by atoms with Crippen molar-refractivity contribution in [2.75, 3.05) is 12.0 Å². The summed E-state index contributed by atoms with van der Waals surface area (Å²) in [6.45, 7) is 0. The molecule has 1 aliphatic rings. The number of hydrogen-bond donors (Lipinski definition) is 0. The number of carbonyl (C=O) groups excluding carboxylic acids is 2. The number of carbonyl (C=O) groups is 2. The minimum absolute atomic E-state index is 0.208. The van der Waals surface area contributed by atoms with Crippen molar-refractivity contribution in [1.29, 1.82) is 0 Å². The molecule has 1 fully saturated rings. The normalized spacial score (nSPS) is 15.1.